The third-order valence-electron chi connectivity index (χ3n) is 4.16. The molecule has 0 aliphatic carbocycles. The zero-order chi connectivity index (χ0) is 19.3. The molecule has 11 nitrogen and oxygen atoms in total. The Morgan fingerprint density at radius 2 is 1.44 bits per heavy atom. The highest BCUT2D eigenvalue weighted by atomic mass is 16.6. The van der Waals surface area contributed by atoms with Crippen LogP contribution >= 0.6 is 0 Å². The molecule has 0 fully saturated rings. The van der Waals surface area contributed by atoms with Crippen molar-refractivity contribution in [3.63, 3.8) is 0 Å². The van der Waals surface area contributed by atoms with E-state index in [-0.39, 0.29) is 30.1 Å². The minimum absolute atomic E-state index is 0.0304. The van der Waals surface area contributed by atoms with Crippen molar-refractivity contribution < 1.29 is 28.9 Å². The first-order valence-electron chi connectivity index (χ1n) is 7.65. The van der Waals surface area contributed by atoms with Gasteiger partial charge >= 0.3 is 11.4 Å². The highest BCUT2D eigenvalue weighted by molar-refractivity contribution is 6.35. The van der Waals surface area contributed by atoms with E-state index in [1.807, 2.05) is 0 Å². The summed E-state index contributed by atoms with van der Waals surface area (Å²) in [6, 6.07) is 6.91. The fraction of sp³-hybridized carbons (Fsp3) is 0.125. The second kappa shape index (κ2) is 5.76. The van der Waals surface area contributed by atoms with E-state index in [0.29, 0.717) is 4.90 Å². The largest absolute Gasteiger partial charge is 0.486 e. The average Bonchev–Trinajstić information content (AvgIpc) is 2.91. The van der Waals surface area contributed by atoms with E-state index < -0.39 is 44.5 Å². The molecule has 0 radical (unpaired) electrons. The van der Waals surface area contributed by atoms with Gasteiger partial charge in [-0.25, -0.2) is 4.90 Å². The molecule has 136 valence electrons. The van der Waals surface area contributed by atoms with Crippen LogP contribution in [0.3, 0.4) is 0 Å². The normalized spacial score (nSPS) is 14.9. The van der Waals surface area contributed by atoms with Gasteiger partial charge < -0.3 is 9.47 Å². The Kier molecular flexibility index (Phi) is 3.51. The molecular weight excluding hydrogens is 362 g/mol. The van der Waals surface area contributed by atoms with Crippen molar-refractivity contribution in [2.75, 3.05) is 18.1 Å². The van der Waals surface area contributed by atoms with Crippen molar-refractivity contribution in [2.24, 2.45) is 0 Å². The number of benzene rings is 2. The highest BCUT2D eigenvalue weighted by Crippen LogP contribution is 2.51. The van der Waals surface area contributed by atoms with E-state index in [1.54, 1.807) is 0 Å². The Balaban J connectivity index is 2.00. The minimum Gasteiger partial charge on any atom is -0.486 e. The van der Waals surface area contributed by atoms with E-state index in [1.165, 1.54) is 24.3 Å². The summed E-state index contributed by atoms with van der Waals surface area (Å²) in [6.45, 7) is 0.0287. The molecule has 27 heavy (non-hydrogen) atoms. The number of imide groups is 1. The molecular formula is C16H9N3O8. The second-order valence-electron chi connectivity index (χ2n) is 5.62. The van der Waals surface area contributed by atoms with Crippen LogP contribution in [-0.4, -0.2) is 34.9 Å². The highest BCUT2D eigenvalue weighted by Gasteiger charge is 2.46. The van der Waals surface area contributed by atoms with Gasteiger partial charge in [0.2, 0.25) is 5.75 Å². The van der Waals surface area contributed by atoms with Crippen molar-refractivity contribution >= 4 is 28.9 Å². The number of nitrogens with zero attached hydrogens (tertiary/aromatic N) is 3. The van der Waals surface area contributed by atoms with E-state index in [2.05, 4.69) is 0 Å². The first-order valence-corrected chi connectivity index (χ1v) is 7.65. The number of carbonyl (C=O) groups is 2. The first-order chi connectivity index (χ1) is 12.9. The summed E-state index contributed by atoms with van der Waals surface area (Å²) in [6.07, 6.45) is 0. The zero-order valence-corrected chi connectivity index (χ0v) is 13.4. The lowest BCUT2D eigenvalue weighted by Crippen LogP contribution is -2.30. The summed E-state index contributed by atoms with van der Waals surface area (Å²) in [5, 5.41) is 23.2. The lowest BCUT2D eigenvalue weighted by Gasteiger charge is -2.21. The summed E-state index contributed by atoms with van der Waals surface area (Å²) in [7, 11) is 0. The molecule has 2 amide bonds. The van der Waals surface area contributed by atoms with Gasteiger partial charge in [0.05, 0.1) is 21.0 Å². The molecule has 0 spiro atoms. The maximum atomic E-state index is 12.7. The number of carbonyl (C=O) groups excluding carboxylic acids is 2. The summed E-state index contributed by atoms with van der Waals surface area (Å²) in [5.74, 6) is -2.18. The van der Waals surface area contributed by atoms with Crippen molar-refractivity contribution in [1.82, 2.24) is 0 Å². The Bertz CT molecular complexity index is 1010. The van der Waals surface area contributed by atoms with Crippen LogP contribution in [0.2, 0.25) is 0 Å². The molecule has 2 aromatic rings. The number of rotatable bonds is 3. The summed E-state index contributed by atoms with van der Waals surface area (Å²) >= 11 is 0. The number of nitro groups is 2. The number of hydrogen-bond donors (Lipinski definition) is 0. The molecule has 0 saturated heterocycles. The summed E-state index contributed by atoms with van der Waals surface area (Å²) in [5.41, 5.74) is -2.42. The quantitative estimate of drug-likeness (QED) is 0.453. The van der Waals surface area contributed by atoms with Gasteiger partial charge in [0, 0.05) is 6.07 Å². The van der Waals surface area contributed by atoms with Crippen LogP contribution in [0.1, 0.15) is 20.7 Å². The maximum Gasteiger partial charge on any atom is 0.393 e. The van der Waals surface area contributed by atoms with Gasteiger partial charge in [-0.05, 0) is 12.1 Å². The zero-order valence-electron chi connectivity index (χ0n) is 13.4. The molecule has 2 aliphatic rings. The number of hydrogen-bond acceptors (Lipinski definition) is 8. The topological polar surface area (TPSA) is 142 Å². The lowest BCUT2D eigenvalue weighted by atomic mass is 10.1. The first kappa shape index (κ1) is 16.4. The molecule has 0 N–H and O–H groups in total. The Morgan fingerprint density at radius 1 is 0.889 bits per heavy atom. The van der Waals surface area contributed by atoms with E-state index in [9.17, 15) is 29.8 Å². The smallest absolute Gasteiger partial charge is 0.393 e. The Hall–Kier alpha value is -4.02. The van der Waals surface area contributed by atoms with Crippen LogP contribution in [-0.2, 0) is 0 Å². The molecule has 0 atom stereocenters. The van der Waals surface area contributed by atoms with Crippen LogP contribution < -0.4 is 14.4 Å². The number of fused-ring (bicyclic) bond motifs is 2. The lowest BCUT2D eigenvalue weighted by molar-refractivity contribution is -0.422. The van der Waals surface area contributed by atoms with Crippen LogP contribution in [0.4, 0.5) is 17.1 Å². The van der Waals surface area contributed by atoms with Gasteiger partial charge in [0.1, 0.15) is 18.9 Å². The van der Waals surface area contributed by atoms with Crippen LogP contribution in [0.5, 0.6) is 11.5 Å². The van der Waals surface area contributed by atoms with E-state index >= 15 is 0 Å². The molecule has 0 aromatic heterocycles. The summed E-state index contributed by atoms with van der Waals surface area (Å²) in [4.78, 5) is 47.0. The fourth-order valence-electron chi connectivity index (χ4n) is 3.07. The molecule has 2 aliphatic heterocycles. The van der Waals surface area contributed by atoms with Crippen molar-refractivity contribution in [2.45, 2.75) is 0 Å². The van der Waals surface area contributed by atoms with E-state index in [4.69, 9.17) is 9.47 Å². The SMILES string of the molecule is O=C1c2ccccc2C(=O)N1c1cc2c(c([N+](=O)[O-])c1[N+](=O)[O-])OCCO2. The van der Waals surface area contributed by atoms with Gasteiger partial charge in [-0.15, -0.1) is 0 Å². The standard InChI is InChI=1S/C16H9N3O8/c20-15-8-3-1-2-4-9(8)16(21)17(15)10-7-11-14(27-6-5-26-11)13(19(24)25)12(10)18(22)23/h1-4,7H,5-6H2. The van der Waals surface area contributed by atoms with Gasteiger partial charge in [-0.2, -0.15) is 0 Å². The monoisotopic (exact) mass is 371 g/mol. The third kappa shape index (κ3) is 2.28. The Morgan fingerprint density at radius 3 is 2.00 bits per heavy atom. The van der Waals surface area contributed by atoms with Crippen LogP contribution in [0, 0.1) is 20.2 Å². The molecule has 4 rings (SSSR count). The summed E-state index contributed by atoms with van der Waals surface area (Å²) < 4.78 is 10.5. The molecule has 0 saturated carbocycles. The fourth-order valence-corrected chi connectivity index (χ4v) is 3.07. The number of amides is 2. The number of nitro benzene ring substituents is 2. The van der Waals surface area contributed by atoms with Gasteiger partial charge in [-0.3, -0.25) is 29.8 Å². The van der Waals surface area contributed by atoms with Gasteiger partial charge in [0.25, 0.3) is 11.8 Å². The van der Waals surface area contributed by atoms with Crippen molar-refractivity contribution in [3.8, 4) is 11.5 Å². The maximum absolute atomic E-state index is 12.7. The predicted molar refractivity (Wildman–Crippen MR) is 88.3 cm³/mol. The van der Waals surface area contributed by atoms with Gasteiger partial charge in [-0.1, -0.05) is 12.1 Å². The van der Waals surface area contributed by atoms with Crippen LogP contribution in [0.15, 0.2) is 30.3 Å². The van der Waals surface area contributed by atoms with Gasteiger partial charge in [0.15, 0.2) is 5.75 Å². The minimum atomic E-state index is -1.02. The molecule has 2 heterocycles. The molecule has 0 bridgehead atoms. The van der Waals surface area contributed by atoms with Crippen molar-refractivity contribution in [3.05, 3.63) is 61.7 Å². The second-order valence-corrected chi connectivity index (χ2v) is 5.62. The van der Waals surface area contributed by atoms with Crippen LogP contribution in [0.25, 0.3) is 0 Å². The number of anilines is 1. The average molecular weight is 371 g/mol. The Labute approximate surface area is 150 Å². The molecule has 2 aromatic carbocycles. The third-order valence-corrected chi connectivity index (χ3v) is 4.16. The predicted octanol–water partition coefficient (Wildman–Crippen LogP) is 2.07. The molecule has 11 heteroatoms. The van der Waals surface area contributed by atoms with E-state index in [0.717, 1.165) is 6.07 Å². The van der Waals surface area contributed by atoms with Crippen molar-refractivity contribution in [1.29, 1.82) is 0 Å². The molecule has 0 unspecified atom stereocenters. The number of ether oxygens (including phenoxy) is 2.